The first-order valence-electron chi connectivity index (χ1n) is 21.9. The number of hydrogen-bond donors (Lipinski definition) is 4. The van der Waals surface area contributed by atoms with E-state index in [4.69, 9.17) is 24.2 Å². The molecule has 4 aromatic rings. The Morgan fingerprint density at radius 1 is 0.790 bits per heavy atom. The molecular formula is C47H56N8O7. The monoisotopic (exact) mass is 844 g/mol. The number of nitrogens with zero attached hydrogens (tertiary/aromatic N) is 4. The van der Waals surface area contributed by atoms with Gasteiger partial charge in [0.2, 0.25) is 11.8 Å². The van der Waals surface area contributed by atoms with Crippen molar-refractivity contribution in [2.75, 3.05) is 40.5 Å². The summed E-state index contributed by atoms with van der Waals surface area (Å²) < 4.78 is 15.2. The van der Waals surface area contributed by atoms with E-state index in [1.807, 2.05) is 54.0 Å². The van der Waals surface area contributed by atoms with Gasteiger partial charge in [0.15, 0.2) is 0 Å². The molecular weight excluding hydrogens is 789 g/mol. The van der Waals surface area contributed by atoms with Crippen LogP contribution >= 0.6 is 0 Å². The summed E-state index contributed by atoms with van der Waals surface area (Å²) in [6.45, 7) is 6.14. The van der Waals surface area contributed by atoms with E-state index in [1.165, 1.54) is 19.8 Å². The molecule has 2 aromatic carbocycles. The number of ether oxygens (including phenoxy) is 3. The van der Waals surface area contributed by atoms with Crippen molar-refractivity contribution in [1.82, 2.24) is 40.4 Å². The molecule has 8 rings (SSSR count). The average molecular weight is 845 g/mol. The zero-order valence-corrected chi connectivity index (χ0v) is 35.9. The van der Waals surface area contributed by atoms with E-state index < -0.39 is 24.3 Å². The van der Waals surface area contributed by atoms with Crippen LogP contribution in [-0.2, 0) is 36.6 Å². The Hall–Kier alpha value is -6.14. The van der Waals surface area contributed by atoms with E-state index in [9.17, 15) is 19.2 Å². The maximum absolute atomic E-state index is 14.0. The number of methoxy groups -OCH3 is 2. The number of H-pyrrole nitrogens is 2. The molecule has 4 amide bonds. The van der Waals surface area contributed by atoms with Crippen molar-refractivity contribution in [3.8, 4) is 34.4 Å². The van der Waals surface area contributed by atoms with Gasteiger partial charge in [0.05, 0.1) is 49.6 Å². The second-order valence-electron chi connectivity index (χ2n) is 17.0. The van der Waals surface area contributed by atoms with Gasteiger partial charge >= 0.3 is 12.2 Å². The first-order chi connectivity index (χ1) is 30.1. The lowest BCUT2D eigenvalue weighted by atomic mass is 9.90. The van der Waals surface area contributed by atoms with Gasteiger partial charge < -0.3 is 44.6 Å². The van der Waals surface area contributed by atoms with Crippen LogP contribution in [0.2, 0.25) is 0 Å². The summed E-state index contributed by atoms with van der Waals surface area (Å²) in [6, 6.07) is 12.6. The minimum atomic E-state index is -0.687. The van der Waals surface area contributed by atoms with Gasteiger partial charge in [-0.25, -0.2) is 19.6 Å². The number of rotatable bonds is 9. The van der Waals surface area contributed by atoms with E-state index in [0.717, 1.165) is 95.9 Å². The number of imidazole rings is 2. The lowest BCUT2D eigenvalue weighted by molar-refractivity contribution is -0.137. The summed E-state index contributed by atoms with van der Waals surface area (Å²) in [5, 5.41) is 5.54. The van der Waals surface area contributed by atoms with Crippen LogP contribution in [0.25, 0.3) is 22.5 Å². The Morgan fingerprint density at radius 3 is 2.16 bits per heavy atom. The van der Waals surface area contributed by atoms with Gasteiger partial charge in [0.25, 0.3) is 0 Å². The summed E-state index contributed by atoms with van der Waals surface area (Å²) >= 11 is 0. The molecule has 0 saturated carbocycles. The number of carbonyl (C=O) groups is 4. The molecule has 0 bridgehead atoms. The number of amides is 4. The topological polar surface area (TPSA) is 184 Å². The molecule has 0 unspecified atom stereocenters. The Labute approximate surface area is 362 Å². The molecule has 2 aromatic heterocycles. The zero-order valence-electron chi connectivity index (χ0n) is 35.9. The highest BCUT2D eigenvalue weighted by Gasteiger charge is 2.41. The van der Waals surface area contributed by atoms with Gasteiger partial charge in [-0.05, 0) is 105 Å². The highest BCUT2D eigenvalue weighted by atomic mass is 16.5. The molecule has 3 saturated heterocycles. The van der Waals surface area contributed by atoms with E-state index >= 15 is 0 Å². The Bertz CT molecular complexity index is 2340. The molecule has 4 N–H and O–H groups in total. The molecule has 15 nitrogen and oxygen atoms in total. The zero-order chi connectivity index (χ0) is 43.3. The SMILES string of the molecule is COC(=O)N[C@H](C(=O)N1CCC[C@H]1c1nc2c([nH]1)-c1ccc(C#Cc3ccc(-c4cnc([C@@H]5CCCN5C(=O)[C@@H](NC(=O)OC)C5CCOCC5)[nH]4)cc3)cc1CCC2)C(C)C. The summed E-state index contributed by atoms with van der Waals surface area (Å²) in [5.74, 6) is 7.84. The van der Waals surface area contributed by atoms with Crippen LogP contribution in [0.15, 0.2) is 48.7 Å². The Morgan fingerprint density at radius 2 is 1.45 bits per heavy atom. The van der Waals surface area contributed by atoms with Crippen molar-refractivity contribution in [3.05, 3.63) is 82.7 Å². The van der Waals surface area contributed by atoms with Gasteiger partial charge in [-0.1, -0.05) is 43.9 Å². The van der Waals surface area contributed by atoms with E-state index in [0.29, 0.717) is 39.1 Å². The summed E-state index contributed by atoms with van der Waals surface area (Å²) in [6.07, 6.45) is 7.91. The molecule has 5 heterocycles. The number of likely N-dealkylation sites (tertiary alicyclic amines) is 2. The van der Waals surface area contributed by atoms with Crippen molar-refractivity contribution in [1.29, 1.82) is 0 Å². The fourth-order valence-corrected chi connectivity index (χ4v) is 9.39. The molecule has 0 spiro atoms. The van der Waals surface area contributed by atoms with Gasteiger partial charge in [-0.3, -0.25) is 9.59 Å². The number of aromatic nitrogens is 4. The number of aromatic amines is 2. The Kier molecular flexibility index (Phi) is 12.9. The molecule has 326 valence electrons. The number of benzene rings is 2. The Balaban J connectivity index is 0.937. The van der Waals surface area contributed by atoms with E-state index in [1.54, 1.807) is 6.20 Å². The van der Waals surface area contributed by atoms with E-state index in [-0.39, 0.29) is 35.7 Å². The summed E-state index contributed by atoms with van der Waals surface area (Å²) in [4.78, 5) is 72.6. The largest absolute Gasteiger partial charge is 0.453 e. The highest BCUT2D eigenvalue weighted by Crippen LogP contribution is 2.38. The minimum Gasteiger partial charge on any atom is -0.453 e. The lowest BCUT2D eigenvalue weighted by Gasteiger charge is -2.34. The van der Waals surface area contributed by atoms with Gasteiger partial charge in [0, 0.05) is 43.0 Å². The van der Waals surface area contributed by atoms with E-state index in [2.05, 4.69) is 44.6 Å². The third-order valence-electron chi connectivity index (χ3n) is 12.7. The van der Waals surface area contributed by atoms with Crippen LogP contribution in [0.1, 0.15) is 105 Å². The molecule has 3 fully saturated rings. The molecule has 62 heavy (non-hydrogen) atoms. The van der Waals surface area contributed by atoms with Crippen molar-refractivity contribution < 1.29 is 33.4 Å². The van der Waals surface area contributed by atoms with Crippen LogP contribution in [0, 0.1) is 23.7 Å². The summed E-state index contributed by atoms with van der Waals surface area (Å²) in [7, 11) is 2.61. The number of aryl methyl sites for hydroxylation is 2. The van der Waals surface area contributed by atoms with Crippen LogP contribution in [0.4, 0.5) is 9.59 Å². The molecule has 1 aliphatic carbocycles. The molecule has 0 radical (unpaired) electrons. The molecule has 4 atom stereocenters. The standard InChI is InChI=1S/C47H56N8O7/c1-28(2)39(52-46(58)60-3)44(56)55-23-7-11-38(55)43-49-35-9-5-8-33-26-30(16-19-34(33)41(35)51-43)13-12-29-14-17-31(18-15-29)36-27-48-42(50-36)37-10-6-22-54(37)45(57)40(53-47(59)61-4)32-20-24-62-25-21-32/h14-19,26-28,32,37-40H,5-11,20-25H2,1-4H3,(H,48,50)(H,49,51)(H,52,58)(H,53,59)/t37-,38-,39-,40-/m0/s1. The molecule has 3 aliphatic heterocycles. The van der Waals surface area contributed by atoms with Gasteiger partial charge in [-0.15, -0.1) is 0 Å². The van der Waals surface area contributed by atoms with Crippen LogP contribution < -0.4 is 10.6 Å². The van der Waals surface area contributed by atoms with Gasteiger partial charge in [-0.2, -0.15) is 0 Å². The quantitative estimate of drug-likeness (QED) is 0.142. The maximum atomic E-state index is 14.0. The minimum absolute atomic E-state index is 0.0283. The lowest BCUT2D eigenvalue weighted by Crippen LogP contribution is -2.53. The predicted octanol–water partition coefficient (Wildman–Crippen LogP) is 6.21. The van der Waals surface area contributed by atoms with Crippen molar-refractivity contribution in [2.24, 2.45) is 11.8 Å². The predicted molar refractivity (Wildman–Crippen MR) is 230 cm³/mol. The van der Waals surface area contributed by atoms with Crippen molar-refractivity contribution in [2.45, 2.75) is 95.8 Å². The average Bonchev–Trinajstić information content (AvgIpc) is 4.13. The highest BCUT2D eigenvalue weighted by molar-refractivity contribution is 5.87. The first-order valence-corrected chi connectivity index (χ1v) is 21.9. The fourth-order valence-electron chi connectivity index (χ4n) is 9.39. The number of nitrogens with one attached hydrogen (secondary N) is 4. The van der Waals surface area contributed by atoms with Crippen LogP contribution in [-0.4, -0.2) is 106 Å². The second-order valence-corrected chi connectivity index (χ2v) is 17.0. The second kappa shape index (κ2) is 18.9. The van der Waals surface area contributed by atoms with Crippen LogP contribution in [0.5, 0.6) is 0 Å². The van der Waals surface area contributed by atoms with Crippen LogP contribution in [0.3, 0.4) is 0 Å². The smallest absolute Gasteiger partial charge is 0.407 e. The molecule has 15 heteroatoms. The number of fused-ring (bicyclic) bond motifs is 3. The van der Waals surface area contributed by atoms with Crippen molar-refractivity contribution >= 4 is 24.0 Å². The van der Waals surface area contributed by atoms with Gasteiger partial charge in [0.1, 0.15) is 23.7 Å². The fraction of sp³-hybridized carbons (Fsp3) is 0.489. The van der Waals surface area contributed by atoms with Crippen molar-refractivity contribution in [3.63, 3.8) is 0 Å². The first kappa shape index (κ1) is 42.5. The number of alkyl carbamates (subject to hydrolysis) is 2. The third kappa shape index (κ3) is 9.06. The number of carbonyl (C=O) groups excluding carboxylic acids is 4. The maximum Gasteiger partial charge on any atom is 0.407 e. The molecule has 4 aliphatic rings. The number of hydrogen-bond acceptors (Lipinski definition) is 9. The third-order valence-corrected chi connectivity index (χ3v) is 12.7. The summed E-state index contributed by atoms with van der Waals surface area (Å²) in [5.41, 5.74) is 7.94. The normalized spacial score (nSPS) is 19.7.